The summed E-state index contributed by atoms with van der Waals surface area (Å²) in [6.45, 7) is 6.17. The van der Waals surface area contributed by atoms with E-state index in [4.69, 9.17) is 21.1 Å². The van der Waals surface area contributed by atoms with Gasteiger partial charge in [0, 0.05) is 10.7 Å². The number of ether oxygens (including phenoxy) is 2. The molecule has 0 fully saturated rings. The van der Waals surface area contributed by atoms with Crippen molar-refractivity contribution >= 4 is 23.2 Å². The number of carbonyl (C=O) groups excluding carboxylic acids is 1. The SMILES string of the molecule is C=C(C)COc1ccc(C[C@H]2C(=O)Nc3cc(Cl)ccc32)cc1OC. The van der Waals surface area contributed by atoms with E-state index in [9.17, 15) is 4.79 Å². The van der Waals surface area contributed by atoms with Crippen LogP contribution in [0.15, 0.2) is 48.6 Å². The Hall–Kier alpha value is -2.46. The average Bonchev–Trinajstić information content (AvgIpc) is 2.88. The molecule has 0 unspecified atom stereocenters. The van der Waals surface area contributed by atoms with Crippen molar-refractivity contribution in [3.05, 3.63) is 64.7 Å². The lowest BCUT2D eigenvalue weighted by Crippen LogP contribution is -2.14. The number of methoxy groups -OCH3 is 1. The minimum atomic E-state index is -0.237. The minimum absolute atomic E-state index is 0.0150. The predicted molar refractivity (Wildman–Crippen MR) is 99.8 cm³/mol. The van der Waals surface area contributed by atoms with E-state index in [2.05, 4.69) is 11.9 Å². The van der Waals surface area contributed by atoms with E-state index < -0.39 is 0 Å². The summed E-state index contributed by atoms with van der Waals surface area (Å²) in [4.78, 5) is 12.3. The normalized spacial score (nSPS) is 15.5. The zero-order valence-corrected chi connectivity index (χ0v) is 15.0. The summed E-state index contributed by atoms with van der Waals surface area (Å²) < 4.78 is 11.1. The zero-order valence-electron chi connectivity index (χ0n) is 14.3. The molecule has 2 aromatic carbocycles. The van der Waals surface area contributed by atoms with E-state index in [1.807, 2.05) is 37.3 Å². The van der Waals surface area contributed by atoms with Crippen LogP contribution in [-0.4, -0.2) is 19.6 Å². The van der Waals surface area contributed by atoms with E-state index in [1.54, 1.807) is 13.2 Å². The minimum Gasteiger partial charge on any atom is -0.493 e. The van der Waals surface area contributed by atoms with E-state index >= 15 is 0 Å². The summed E-state index contributed by atoms with van der Waals surface area (Å²) >= 11 is 6.00. The summed E-state index contributed by atoms with van der Waals surface area (Å²) in [6.07, 6.45) is 0.581. The molecule has 0 aliphatic carbocycles. The summed E-state index contributed by atoms with van der Waals surface area (Å²) in [5, 5.41) is 3.50. The Balaban J connectivity index is 1.82. The van der Waals surface area contributed by atoms with E-state index in [1.165, 1.54) is 0 Å². The van der Waals surface area contributed by atoms with E-state index in [0.717, 1.165) is 22.4 Å². The van der Waals surface area contributed by atoms with Gasteiger partial charge in [-0.15, -0.1) is 0 Å². The number of hydrogen-bond acceptors (Lipinski definition) is 3. The van der Waals surface area contributed by atoms with Gasteiger partial charge < -0.3 is 14.8 Å². The van der Waals surface area contributed by atoms with E-state index in [0.29, 0.717) is 29.5 Å². The number of fused-ring (bicyclic) bond motifs is 1. The average molecular weight is 358 g/mol. The van der Waals surface area contributed by atoms with Crippen molar-refractivity contribution in [2.75, 3.05) is 19.0 Å². The quantitative estimate of drug-likeness (QED) is 0.769. The maximum absolute atomic E-state index is 12.3. The highest BCUT2D eigenvalue weighted by molar-refractivity contribution is 6.31. The second-order valence-electron chi connectivity index (χ2n) is 6.21. The van der Waals surface area contributed by atoms with Gasteiger partial charge in [0.1, 0.15) is 6.61 Å². The topological polar surface area (TPSA) is 47.6 Å². The molecule has 0 bridgehead atoms. The molecule has 3 rings (SSSR count). The van der Waals surface area contributed by atoms with Crippen LogP contribution in [0.25, 0.3) is 0 Å². The molecule has 0 aromatic heterocycles. The number of anilines is 1. The number of benzene rings is 2. The van der Waals surface area contributed by atoms with Crippen molar-refractivity contribution in [3.8, 4) is 11.5 Å². The number of nitrogens with one attached hydrogen (secondary N) is 1. The van der Waals surface area contributed by atoms with Crippen LogP contribution in [0.4, 0.5) is 5.69 Å². The predicted octanol–water partition coefficient (Wildman–Crippen LogP) is 4.58. The van der Waals surface area contributed by atoms with Crippen LogP contribution in [0, 0.1) is 0 Å². The highest BCUT2D eigenvalue weighted by Crippen LogP contribution is 2.37. The summed E-state index contributed by atoms with van der Waals surface area (Å²) in [7, 11) is 1.60. The molecule has 25 heavy (non-hydrogen) atoms. The number of hydrogen-bond donors (Lipinski definition) is 1. The first-order valence-corrected chi connectivity index (χ1v) is 8.40. The molecule has 0 saturated heterocycles. The second kappa shape index (κ2) is 7.19. The molecule has 2 aromatic rings. The molecule has 1 aliphatic heterocycles. The Morgan fingerprint density at radius 1 is 1.24 bits per heavy atom. The van der Waals surface area contributed by atoms with Gasteiger partial charge in [0.2, 0.25) is 5.91 Å². The number of rotatable bonds is 6. The fourth-order valence-corrected chi connectivity index (χ4v) is 3.07. The lowest BCUT2D eigenvalue weighted by Gasteiger charge is -2.14. The van der Waals surface area contributed by atoms with Crippen LogP contribution in [0.2, 0.25) is 5.02 Å². The molecule has 1 aliphatic rings. The third-order valence-electron chi connectivity index (χ3n) is 4.11. The summed E-state index contributed by atoms with van der Waals surface area (Å²) in [5.74, 6) is 1.06. The largest absolute Gasteiger partial charge is 0.493 e. The van der Waals surface area contributed by atoms with Crippen molar-refractivity contribution in [1.29, 1.82) is 0 Å². The van der Waals surface area contributed by atoms with Crippen molar-refractivity contribution in [2.24, 2.45) is 0 Å². The van der Waals surface area contributed by atoms with Gasteiger partial charge in [-0.2, -0.15) is 0 Å². The Kier molecular flexibility index (Phi) is 5.00. The van der Waals surface area contributed by atoms with Crippen LogP contribution >= 0.6 is 11.6 Å². The molecule has 1 amide bonds. The first-order chi connectivity index (χ1) is 12.0. The number of halogens is 1. The molecular formula is C20H20ClNO3. The van der Waals surface area contributed by atoms with Gasteiger partial charge >= 0.3 is 0 Å². The Bertz CT molecular complexity index is 832. The molecule has 1 N–H and O–H groups in total. The molecule has 0 saturated carbocycles. The molecular weight excluding hydrogens is 338 g/mol. The lowest BCUT2D eigenvalue weighted by molar-refractivity contribution is -0.117. The third-order valence-corrected chi connectivity index (χ3v) is 4.34. The van der Waals surface area contributed by atoms with Crippen LogP contribution in [-0.2, 0) is 11.2 Å². The maximum Gasteiger partial charge on any atom is 0.232 e. The van der Waals surface area contributed by atoms with Gasteiger partial charge in [-0.1, -0.05) is 30.3 Å². The molecule has 1 atom stereocenters. The fraction of sp³-hybridized carbons (Fsp3) is 0.250. The Morgan fingerprint density at radius 3 is 2.76 bits per heavy atom. The smallest absolute Gasteiger partial charge is 0.232 e. The monoisotopic (exact) mass is 357 g/mol. The van der Waals surface area contributed by atoms with Gasteiger partial charge in [0.15, 0.2) is 11.5 Å². The first-order valence-electron chi connectivity index (χ1n) is 8.02. The molecule has 4 nitrogen and oxygen atoms in total. The highest BCUT2D eigenvalue weighted by atomic mass is 35.5. The van der Waals surface area contributed by atoms with Crippen molar-refractivity contribution in [2.45, 2.75) is 19.3 Å². The molecule has 5 heteroatoms. The van der Waals surface area contributed by atoms with Crippen molar-refractivity contribution in [1.82, 2.24) is 0 Å². The highest BCUT2D eigenvalue weighted by Gasteiger charge is 2.30. The fourth-order valence-electron chi connectivity index (χ4n) is 2.90. The molecule has 0 spiro atoms. The Morgan fingerprint density at radius 2 is 2.04 bits per heavy atom. The van der Waals surface area contributed by atoms with Crippen LogP contribution in [0.5, 0.6) is 11.5 Å². The van der Waals surface area contributed by atoms with Gasteiger partial charge in [0.05, 0.1) is 13.0 Å². The van der Waals surface area contributed by atoms with Gasteiger partial charge in [-0.3, -0.25) is 4.79 Å². The molecule has 130 valence electrons. The third kappa shape index (κ3) is 3.80. The van der Waals surface area contributed by atoms with Crippen LogP contribution in [0.1, 0.15) is 24.0 Å². The van der Waals surface area contributed by atoms with Crippen LogP contribution in [0.3, 0.4) is 0 Å². The van der Waals surface area contributed by atoms with Crippen molar-refractivity contribution < 1.29 is 14.3 Å². The second-order valence-corrected chi connectivity index (χ2v) is 6.64. The van der Waals surface area contributed by atoms with E-state index in [-0.39, 0.29) is 11.8 Å². The number of carbonyl (C=O) groups is 1. The van der Waals surface area contributed by atoms with Gasteiger partial charge in [-0.25, -0.2) is 0 Å². The maximum atomic E-state index is 12.3. The summed E-state index contributed by atoms with van der Waals surface area (Å²) in [5.41, 5.74) is 3.69. The Labute approximate surface area is 152 Å². The van der Waals surface area contributed by atoms with Crippen LogP contribution < -0.4 is 14.8 Å². The first kappa shape index (κ1) is 17.4. The molecule has 0 radical (unpaired) electrons. The van der Waals surface area contributed by atoms with Gasteiger partial charge in [-0.05, 0) is 54.3 Å². The van der Waals surface area contributed by atoms with Crippen molar-refractivity contribution in [3.63, 3.8) is 0 Å². The molecule has 1 heterocycles. The standard InChI is InChI=1S/C20H20ClNO3/c1-12(2)11-25-18-7-4-13(9-19(18)24-3)8-16-15-6-5-14(21)10-17(15)22-20(16)23/h4-7,9-10,16H,1,8,11H2,2-3H3,(H,22,23)/t16-/m1/s1. The van der Waals surface area contributed by atoms with Gasteiger partial charge in [0.25, 0.3) is 0 Å². The zero-order chi connectivity index (χ0) is 18.0. The lowest BCUT2D eigenvalue weighted by atomic mass is 9.93. The summed E-state index contributed by atoms with van der Waals surface area (Å²) in [6, 6.07) is 11.2. The number of amides is 1.